The van der Waals surface area contributed by atoms with Crippen molar-refractivity contribution in [1.29, 1.82) is 0 Å². The molecule has 0 aromatic rings. The first kappa shape index (κ1) is 10.7. The summed E-state index contributed by atoms with van der Waals surface area (Å²) in [5, 5.41) is 0. The third-order valence-electron chi connectivity index (χ3n) is 1.47. The normalized spacial score (nSPS) is 10.7. The Morgan fingerprint density at radius 2 is 2.09 bits per heavy atom. The zero-order chi connectivity index (χ0) is 8.53. The third kappa shape index (κ3) is 7.59. The second-order valence-corrected chi connectivity index (χ2v) is 4.08. The predicted octanol–water partition coefficient (Wildman–Crippen LogP) is 1.63. The van der Waals surface area contributed by atoms with Crippen molar-refractivity contribution in [3.63, 3.8) is 0 Å². The van der Waals surface area contributed by atoms with E-state index in [1.165, 1.54) is 12.8 Å². The van der Waals surface area contributed by atoms with Crippen molar-refractivity contribution in [2.45, 2.75) is 45.6 Å². The fraction of sp³-hybridized carbons (Fsp3) is 0.875. The highest BCUT2D eigenvalue weighted by Gasteiger charge is 1.98. The number of rotatable bonds is 6. The molecule has 3 heteroatoms. The predicted molar refractivity (Wildman–Crippen MR) is 49.3 cm³/mol. The molecule has 0 unspecified atom stereocenters. The summed E-state index contributed by atoms with van der Waals surface area (Å²) in [6.45, 7) is 4.15. The first-order valence-corrected chi connectivity index (χ1v) is 6.04. The zero-order valence-electron chi connectivity index (χ0n) is 7.56. The van der Waals surface area contributed by atoms with E-state index in [1.54, 1.807) is 0 Å². The van der Waals surface area contributed by atoms with E-state index in [0.717, 1.165) is 12.5 Å². The third-order valence-corrected chi connectivity index (χ3v) is 2.78. The highest BCUT2D eigenvalue weighted by molar-refractivity contribution is 6.30. The van der Waals surface area contributed by atoms with E-state index in [1.807, 2.05) is 6.92 Å². The fourth-order valence-corrected chi connectivity index (χ4v) is 2.03. The minimum atomic E-state index is -0.517. The summed E-state index contributed by atoms with van der Waals surface area (Å²) in [7, 11) is -0.517. The van der Waals surface area contributed by atoms with E-state index in [-0.39, 0.29) is 5.97 Å². The van der Waals surface area contributed by atoms with Crippen LogP contribution in [0.1, 0.15) is 39.5 Å². The minimum absolute atomic E-state index is 0.00951. The Kier molecular flexibility index (Phi) is 7.57. The molecular formula is C8H18O2Si. The molecule has 0 saturated carbocycles. The molecule has 0 heterocycles. The molecule has 66 valence electrons. The van der Waals surface area contributed by atoms with Gasteiger partial charge in [0.05, 0.1) is 0 Å². The topological polar surface area (TPSA) is 26.3 Å². The van der Waals surface area contributed by atoms with Crippen LogP contribution in [0.15, 0.2) is 0 Å². The molecule has 0 rings (SSSR count). The van der Waals surface area contributed by atoms with E-state index in [4.69, 9.17) is 4.43 Å². The van der Waals surface area contributed by atoms with E-state index in [9.17, 15) is 4.79 Å². The molecule has 0 aromatic heterocycles. The molecule has 0 saturated heterocycles. The summed E-state index contributed by atoms with van der Waals surface area (Å²) >= 11 is 0. The van der Waals surface area contributed by atoms with Crippen molar-refractivity contribution in [2.24, 2.45) is 0 Å². The van der Waals surface area contributed by atoms with Crippen LogP contribution in [0.25, 0.3) is 0 Å². The van der Waals surface area contributed by atoms with E-state index in [2.05, 4.69) is 6.92 Å². The van der Waals surface area contributed by atoms with Gasteiger partial charge < -0.3 is 4.43 Å². The summed E-state index contributed by atoms with van der Waals surface area (Å²) in [5.74, 6) is 0.00951. The Balaban J connectivity index is 3.04. The van der Waals surface area contributed by atoms with E-state index >= 15 is 0 Å². The average molecular weight is 174 g/mol. The maximum atomic E-state index is 10.8. The van der Waals surface area contributed by atoms with Crippen LogP contribution in [0.2, 0.25) is 6.04 Å². The first-order chi connectivity index (χ1) is 5.31. The van der Waals surface area contributed by atoms with Gasteiger partial charge in [0.1, 0.15) is 0 Å². The van der Waals surface area contributed by atoms with Crippen molar-refractivity contribution in [3.8, 4) is 0 Å². The van der Waals surface area contributed by atoms with Gasteiger partial charge in [0.25, 0.3) is 5.97 Å². The lowest BCUT2D eigenvalue weighted by Gasteiger charge is -2.01. The first-order valence-electron chi connectivity index (χ1n) is 4.46. The van der Waals surface area contributed by atoms with Crippen LogP contribution >= 0.6 is 0 Å². The summed E-state index contributed by atoms with van der Waals surface area (Å²) in [4.78, 5) is 10.8. The molecule has 0 fully saturated rings. The van der Waals surface area contributed by atoms with Crippen LogP contribution in [0.4, 0.5) is 0 Å². The van der Waals surface area contributed by atoms with E-state index < -0.39 is 9.76 Å². The Hall–Kier alpha value is -0.313. The van der Waals surface area contributed by atoms with Crippen LogP contribution in [-0.2, 0) is 9.22 Å². The second kappa shape index (κ2) is 7.79. The molecule has 0 N–H and O–H groups in total. The van der Waals surface area contributed by atoms with Gasteiger partial charge in [0.15, 0.2) is 0 Å². The van der Waals surface area contributed by atoms with Gasteiger partial charge in [-0.15, -0.1) is 0 Å². The number of hydrogen-bond acceptors (Lipinski definition) is 2. The largest absolute Gasteiger partial charge is 0.525 e. The van der Waals surface area contributed by atoms with Gasteiger partial charge >= 0.3 is 0 Å². The molecule has 0 aliphatic heterocycles. The smallest absolute Gasteiger partial charge is 0.292 e. The second-order valence-electron chi connectivity index (χ2n) is 2.68. The molecular weight excluding hydrogens is 156 g/mol. The monoisotopic (exact) mass is 174 g/mol. The quantitative estimate of drug-likeness (QED) is 0.452. The van der Waals surface area contributed by atoms with Gasteiger partial charge in [-0.3, -0.25) is 4.79 Å². The maximum Gasteiger partial charge on any atom is 0.292 e. The van der Waals surface area contributed by atoms with Gasteiger partial charge in [-0.25, -0.2) is 0 Å². The van der Waals surface area contributed by atoms with Crippen LogP contribution < -0.4 is 0 Å². The zero-order valence-corrected chi connectivity index (χ0v) is 8.97. The maximum absolute atomic E-state index is 10.8. The molecule has 0 aliphatic rings. The summed E-state index contributed by atoms with van der Waals surface area (Å²) in [6.07, 6.45) is 3.92. The lowest BCUT2D eigenvalue weighted by Crippen LogP contribution is -2.07. The summed E-state index contributed by atoms with van der Waals surface area (Å²) in [5.41, 5.74) is 0. The SMILES string of the molecule is CCCC[SiH2]OC(=O)CCC. The van der Waals surface area contributed by atoms with Gasteiger partial charge in [0, 0.05) is 6.42 Å². The van der Waals surface area contributed by atoms with Crippen molar-refractivity contribution < 1.29 is 9.22 Å². The number of hydrogen-bond donors (Lipinski definition) is 0. The van der Waals surface area contributed by atoms with Crippen molar-refractivity contribution in [1.82, 2.24) is 0 Å². The molecule has 11 heavy (non-hydrogen) atoms. The molecule has 0 atom stereocenters. The lowest BCUT2D eigenvalue weighted by atomic mass is 10.4. The van der Waals surface area contributed by atoms with Crippen LogP contribution in [-0.4, -0.2) is 15.7 Å². The standard InChI is InChI=1S/C8H18O2Si/c1-3-5-7-11-10-8(9)6-4-2/h3-7,11H2,1-2H3. The summed E-state index contributed by atoms with van der Waals surface area (Å²) < 4.78 is 5.08. The van der Waals surface area contributed by atoms with Gasteiger partial charge in [-0.05, 0) is 12.5 Å². The number of carbonyl (C=O) groups is 1. The molecule has 0 amide bonds. The number of unbranched alkanes of at least 4 members (excludes halogenated alkanes) is 1. The highest BCUT2D eigenvalue weighted by Crippen LogP contribution is 1.96. The van der Waals surface area contributed by atoms with Crippen molar-refractivity contribution in [2.75, 3.05) is 0 Å². The van der Waals surface area contributed by atoms with Gasteiger partial charge in [-0.1, -0.05) is 26.7 Å². The Morgan fingerprint density at radius 1 is 1.36 bits per heavy atom. The van der Waals surface area contributed by atoms with Crippen LogP contribution in [0, 0.1) is 0 Å². The van der Waals surface area contributed by atoms with Crippen LogP contribution in [0.5, 0.6) is 0 Å². The molecule has 0 aromatic carbocycles. The Morgan fingerprint density at radius 3 is 2.64 bits per heavy atom. The molecule has 0 radical (unpaired) electrons. The molecule has 0 spiro atoms. The summed E-state index contributed by atoms with van der Waals surface area (Å²) in [6, 6.07) is 1.14. The fourth-order valence-electron chi connectivity index (χ4n) is 0.814. The minimum Gasteiger partial charge on any atom is -0.525 e. The molecule has 2 nitrogen and oxygen atoms in total. The molecule has 0 aliphatic carbocycles. The van der Waals surface area contributed by atoms with Crippen molar-refractivity contribution >= 4 is 15.7 Å². The number of carbonyl (C=O) groups excluding carboxylic acids is 1. The van der Waals surface area contributed by atoms with Crippen LogP contribution in [0.3, 0.4) is 0 Å². The Bertz CT molecular complexity index is 104. The van der Waals surface area contributed by atoms with E-state index in [0.29, 0.717) is 6.42 Å². The van der Waals surface area contributed by atoms with Crippen molar-refractivity contribution in [3.05, 3.63) is 0 Å². The lowest BCUT2D eigenvalue weighted by molar-refractivity contribution is -0.134. The highest BCUT2D eigenvalue weighted by atomic mass is 28.2. The average Bonchev–Trinajstić information content (AvgIpc) is 1.99. The molecule has 0 bridgehead atoms. The van der Waals surface area contributed by atoms with Gasteiger partial charge in [0.2, 0.25) is 9.76 Å². The Labute approximate surface area is 71.3 Å². The van der Waals surface area contributed by atoms with Gasteiger partial charge in [-0.2, -0.15) is 0 Å².